The maximum Gasteiger partial charge on any atom is 0.222 e. The second kappa shape index (κ2) is 5.46. The first-order valence-corrected chi connectivity index (χ1v) is 5.72. The highest BCUT2D eigenvalue weighted by atomic mass is 16.5. The molecule has 94 valence electrons. The third-order valence-electron chi connectivity index (χ3n) is 2.73. The number of hydrogen-bond donors (Lipinski definition) is 2. The Kier molecular flexibility index (Phi) is 3.74. The number of nitrogens with two attached hydrogens (primary N) is 1. The smallest absolute Gasteiger partial charge is 0.222 e. The number of anilines is 1. The molecule has 0 aliphatic heterocycles. The summed E-state index contributed by atoms with van der Waals surface area (Å²) in [6, 6.07) is 9.97. The summed E-state index contributed by atoms with van der Waals surface area (Å²) in [4.78, 5) is 8.13. The topological polar surface area (TPSA) is 73.1 Å². The number of hydrogen-bond acceptors (Lipinski definition) is 5. The van der Waals surface area contributed by atoms with Gasteiger partial charge in [-0.25, -0.2) is 15.8 Å². The molecule has 0 bridgehead atoms. The molecule has 1 unspecified atom stereocenters. The van der Waals surface area contributed by atoms with Crippen molar-refractivity contribution in [1.82, 2.24) is 9.97 Å². The minimum Gasteiger partial charge on any atom is -0.469 e. The molecule has 1 aromatic heterocycles. The molecule has 0 amide bonds. The number of nitrogen functional groups attached to an aromatic ring is 1. The van der Waals surface area contributed by atoms with Crippen LogP contribution in [0.1, 0.15) is 24.2 Å². The normalized spacial score (nSPS) is 11.9. The summed E-state index contributed by atoms with van der Waals surface area (Å²) in [5.41, 5.74) is 4.41. The second-order valence-electron chi connectivity index (χ2n) is 3.97. The minimum atomic E-state index is -0.0783. The van der Waals surface area contributed by atoms with Crippen LogP contribution in [0.25, 0.3) is 0 Å². The van der Waals surface area contributed by atoms with Crippen molar-refractivity contribution in [2.45, 2.75) is 20.0 Å². The van der Waals surface area contributed by atoms with E-state index >= 15 is 0 Å². The van der Waals surface area contributed by atoms with Crippen molar-refractivity contribution < 1.29 is 4.74 Å². The quantitative estimate of drug-likeness (QED) is 0.637. The van der Waals surface area contributed by atoms with E-state index in [1.165, 1.54) is 6.33 Å². The molecule has 5 heteroatoms. The maximum absolute atomic E-state index is 5.83. The van der Waals surface area contributed by atoms with Crippen LogP contribution >= 0.6 is 0 Å². The number of hydrazine groups is 1. The lowest BCUT2D eigenvalue weighted by atomic mass is 10.1. The Hall–Kier alpha value is -2.14. The molecule has 2 aromatic rings. The van der Waals surface area contributed by atoms with Crippen LogP contribution in [0.2, 0.25) is 0 Å². The fourth-order valence-corrected chi connectivity index (χ4v) is 1.66. The third-order valence-corrected chi connectivity index (χ3v) is 2.73. The summed E-state index contributed by atoms with van der Waals surface area (Å²) in [7, 11) is 0. The highest BCUT2D eigenvalue weighted by molar-refractivity contribution is 5.46. The zero-order valence-corrected chi connectivity index (χ0v) is 10.4. The lowest BCUT2D eigenvalue weighted by Crippen LogP contribution is -2.12. The first kappa shape index (κ1) is 12.3. The van der Waals surface area contributed by atoms with Crippen molar-refractivity contribution in [1.29, 1.82) is 0 Å². The molecule has 5 nitrogen and oxygen atoms in total. The van der Waals surface area contributed by atoms with Crippen LogP contribution < -0.4 is 16.0 Å². The molecule has 0 aliphatic carbocycles. The van der Waals surface area contributed by atoms with E-state index in [2.05, 4.69) is 15.4 Å². The molecule has 0 saturated heterocycles. The van der Waals surface area contributed by atoms with Crippen molar-refractivity contribution >= 4 is 5.82 Å². The molecule has 1 aromatic carbocycles. The van der Waals surface area contributed by atoms with E-state index in [9.17, 15) is 0 Å². The molecule has 1 heterocycles. The molecular formula is C13H16N4O. The van der Waals surface area contributed by atoms with Crippen LogP contribution in [0.15, 0.2) is 36.7 Å². The van der Waals surface area contributed by atoms with E-state index in [1.54, 1.807) is 0 Å². The fourth-order valence-electron chi connectivity index (χ4n) is 1.66. The first-order valence-electron chi connectivity index (χ1n) is 5.72. The van der Waals surface area contributed by atoms with Gasteiger partial charge >= 0.3 is 0 Å². The van der Waals surface area contributed by atoms with Gasteiger partial charge in [-0.05, 0) is 19.4 Å². The van der Waals surface area contributed by atoms with Crippen LogP contribution in [-0.2, 0) is 0 Å². The van der Waals surface area contributed by atoms with Crippen molar-refractivity contribution in [3.05, 3.63) is 47.8 Å². The highest BCUT2D eigenvalue weighted by Crippen LogP contribution is 2.25. The number of benzene rings is 1. The van der Waals surface area contributed by atoms with Gasteiger partial charge in [-0.1, -0.05) is 30.3 Å². The molecule has 0 spiro atoms. The van der Waals surface area contributed by atoms with Crippen LogP contribution in [-0.4, -0.2) is 9.97 Å². The zero-order chi connectivity index (χ0) is 13.0. The van der Waals surface area contributed by atoms with Gasteiger partial charge in [-0.2, -0.15) is 0 Å². The molecule has 0 aliphatic rings. The lowest BCUT2D eigenvalue weighted by Gasteiger charge is -2.16. The van der Waals surface area contributed by atoms with E-state index in [-0.39, 0.29) is 6.10 Å². The Balaban J connectivity index is 2.19. The minimum absolute atomic E-state index is 0.0783. The number of aromatic nitrogens is 2. The van der Waals surface area contributed by atoms with Gasteiger partial charge in [0.25, 0.3) is 0 Å². The lowest BCUT2D eigenvalue weighted by molar-refractivity contribution is 0.215. The van der Waals surface area contributed by atoms with E-state index < -0.39 is 0 Å². The van der Waals surface area contributed by atoms with E-state index in [0.29, 0.717) is 11.7 Å². The molecular weight excluding hydrogens is 228 g/mol. The van der Waals surface area contributed by atoms with Gasteiger partial charge in [0.2, 0.25) is 5.88 Å². The van der Waals surface area contributed by atoms with Crippen molar-refractivity contribution in [2.75, 3.05) is 5.43 Å². The monoisotopic (exact) mass is 244 g/mol. The fraction of sp³-hybridized carbons (Fsp3) is 0.231. The molecule has 1 atom stereocenters. The Bertz CT molecular complexity index is 516. The predicted octanol–water partition coefficient (Wildman–Crippen LogP) is 2.21. The SMILES string of the molecule is Cc1c(NN)ncnc1OC(C)c1ccccc1. The Morgan fingerprint density at radius 3 is 2.61 bits per heavy atom. The van der Waals surface area contributed by atoms with Crippen LogP contribution in [0, 0.1) is 6.92 Å². The summed E-state index contributed by atoms with van der Waals surface area (Å²) < 4.78 is 5.83. The molecule has 0 fully saturated rings. The summed E-state index contributed by atoms with van der Waals surface area (Å²) in [5, 5.41) is 0. The maximum atomic E-state index is 5.83. The van der Waals surface area contributed by atoms with E-state index in [0.717, 1.165) is 11.1 Å². The second-order valence-corrected chi connectivity index (χ2v) is 3.97. The molecule has 2 rings (SSSR count). The van der Waals surface area contributed by atoms with Crippen LogP contribution in [0.5, 0.6) is 5.88 Å². The van der Waals surface area contributed by atoms with Crippen LogP contribution in [0.3, 0.4) is 0 Å². The molecule has 0 radical (unpaired) electrons. The van der Waals surface area contributed by atoms with Crippen molar-refractivity contribution in [3.8, 4) is 5.88 Å². The largest absolute Gasteiger partial charge is 0.469 e. The van der Waals surface area contributed by atoms with Gasteiger partial charge in [0.1, 0.15) is 18.2 Å². The van der Waals surface area contributed by atoms with E-state index in [4.69, 9.17) is 10.6 Å². The van der Waals surface area contributed by atoms with Gasteiger partial charge in [0.15, 0.2) is 0 Å². The Morgan fingerprint density at radius 1 is 1.22 bits per heavy atom. The standard InChI is InChI=1S/C13H16N4O/c1-9-12(17-14)15-8-16-13(9)18-10(2)11-6-4-3-5-7-11/h3-8,10H,14H2,1-2H3,(H,15,16,17). The molecule has 3 N–H and O–H groups in total. The summed E-state index contributed by atoms with van der Waals surface area (Å²) in [5.74, 6) is 6.47. The zero-order valence-electron chi connectivity index (χ0n) is 10.4. The van der Waals surface area contributed by atoms with Gasteiger partial charge < -0.3 is 10.2 Å². The van der Waals surface area contributed by atoms with Gasteiger partial charge in [-0.3, -0.25) is 0 Å². The average Bonchev–Trinajstić information content (AvgIpc) is 2.42. The molecule has 18 heavy (non-hydrogen) atoms. The summed E-state index contributed by atoms with van der Waals surface area (Å²) in [6.45, 7) is 3.84. The summed E-state index contributed by atoms with van der Waals surface area (Å²) in [6.07, 6.45) is 1.35. The van der Waals surface area contributed by atoms with Crippen molar-refractivity contribution in [2.24, 2.45) is 5.84 Å². The molecule has 0 saturated carbocycles. The number of nitrogens with one attached hydrogen (secondary N) is 1. The predicted molar refractivity (Wildman–Crippen MR) is 70.1 cm³/mol. The highest BCUT2D eigenvalue weighted by Gasteiger charge is 2.12. The third kappa shape index (κ3) is 2.57. The Labute approximate surface area is 106 Å². The van der Waals surface area contributed by atoms with Gasteiger partial charge in [0, 0.05) is 0 Å². The van der Waals surface area contributed by atoms with Crippen LogP contribution in [0.4, 0.5) is 5.82 Å². The number of ether oxygens (including phenoxy) is 1. The van der Waals surface area contributed by atoms with E-state index in [1.807, 2.05) is 44.2 Å². The number of rotatable bonds is 4. The van der Waals surface area contributed by atoms with Gasteiger partial charge in [-0.15, -0.1) is 0 Å². The summed E-state index contributed by atoms with van der Waals surface area (Å²) >= 11 is 0. The van der Waals surface area contributed by atoms with Gasteiger partial charge in [0.05, 0.1) is 5.56 Å². The average molecular weight is 244 g/mol. The Morgan fingerprint density at radius 2 is 1.94 bits per heavy atom. The number of nitrogens with zero attached hydrogens (tertiary/aromatic N) is 2. The van der Waals surface area contributed by atoms with Crippen molar-refractivity contribution in [3.63, 3.8) is 0 Å². The first-order chi connectivity index (χ1) is 8.72.